The zero-order valence-electron chi connectivity index (χ0n) is 15.4. The number of nitrogens with zero attached hydrogens (tertiary/aromatic N) is 3. The summed E-state index contributed by atoms with van der Waals surface area (Å²) in [4.78, 5) is 9.55. The first-order valence-electron chi connectivity index (χ1n) is 8.31. The topological polar surface area (TPSA) is 83.9 Å². The molecule has 152 valence electrons. The Hall–Kier alpha value is -2.04. The van der Waals surface area contributed by atoms with Gasteiger partial charge in [0.25, 0.3) is 0 Å². The summed E-state index contributed by atoms with van der Waals surface area (Å²) >= 11 is 0. The quantitative estimate of drug-likeness (QED) is 0.463. The lowest BCUT2D eigenvalue weighted by Gasteiger charge is -2.39. The van der Waals surface area contributed by atoms with Gasteiger partial charge in [0.1, 0.15) is 12.2 Å². The molecule has 0 radical (unpaired) electrons. The van der Waals surface area contributed by atoms with E-state index in [1.54, 1.807) is 20.9 Å². The summed E-state index contributed by atoms with van der Waals surface area (Å²) in [5, 5.41) is 2.98. The Morgan fingerprint density at radius 2 is 2.15 bits per heavy atom. The Morgan fingerprint density at radius 3 is 2.74 bits per heavy atom. The molecule has 0 bridgehead atoms. The molecule has 0 aromatic carbocycles. The summed E-state index contributed by atoms with van der Waals surface area (Å²) in [5.41, 5.74) is -0.933. The highest BCUT2D eigenvalue weighted by atomic mass is 32.2. The highest BCUT2D eigenvalue weighted by Crippen LogP contribution is 2.34. The van der Waals surface area contributed by atoms with Crippen molar-refractivity contribution in [3.8, 4) is 5.88 Å². The maximum absolute atomic E-state index is 12.9. The molecule has 2 rings (SSSR count). The number of rotatable bonds is 4. The molecule has 0 spiro atoms. The van der Waals surface area contributed by atoms with Crippen LogP contribution < -0.4 is 10.1 Å². The normalized spacial score (nSPS) is 19.6. The Labute approximate surface area is 156 Å². The number of ether oxygens (including phenoxy) is 1. The van der Waals surface area contributed by atoms with E-state index in [1.165, 1.54) is 12.3 Å². The van der Waals surface area contributed by atoms with Gasteiger partial charge in [0, 0.05) is 26.3 Å². The number of aromatic nitrogens is 1. The Bertz CT molecular complexity index is 794. The smallest absolute Gasteiger partial charge is 0.421 e. The first-order valence-corrected chi connectivity index (χ1v) is 9.96. The Kier molecular flexibility index (Phi) is 6.23. The largest absolute Gasteiger partial charge is 0.475 e. The van der Waals surface area contributed by atoms with Gasteiger partial charge in [-0.2, -0.15) is 13.2 Å². The predicted octanol–water partition coefficient (Wildman–Crippen LogP) is 1.56. The van der Waals surface area contributed by atoms with Crippen LogP contribution in [0.3, 0.4) is 0 Å². The van der Waals surface area contributed by atoms with Gasteiger partial charge in [0.2, 0.25) is 5.88 Å². The monoisotopic (exact) mass is 408 g/mol. The summed E-state index contributed by atoms with van der Waals surface area (Å²) in [6, 6.07) is 2.10. The maximum Gasteiger partial charge on any atom is 0.421 e. The fourth-order valence-corrected chi connectivity index (χ4v) is 4.05. The number of aliphatic imine (C=N–C) groups is 1. The van der Waals surface area contributed by atoms with Gasteiger partial charge in [-0.25, -0.2) is 13.4 Å². The van der Waals surface area contributed by atoms with Crippen LogP contribution in [0.5, 0.6) is 5.88 Å². The predicted molar refractivity (Wildman–Crippen MR) is 95.5 cm³/mol. The van der Waals surface area contributed by atoms with E-state index in [2.05, 4.69) is 15.3 Å². The zero-order chi connectivity index (χ0) is 20.3. The molecule has 1 saturated heterocycles. The second kappa shape index (κ2) is 7.91. The van der Waals surface area contributed by atoms with Crippen LogP contribution in [0.2, 0.25) is 0 Å². The SMILES string of the molecule is CN=C(NCCOc1ncccc1C(F)(F)F)N1CCS(=O)(=O)C(C)(C)C1. The number of pyridine rings is 1. The van der Waals surface area contributed by atoms with Crippen molar-refractivity contribution in [2.45, 2.75) is 24.8 Å². The molecule has 1 aliphatic rings. The van der Waals surface area contributed by atoms with Crippen molar-refractivity contribution in [2.24, 2.45) is 4.99 Å². The van der Waals surface area contributed by atoms with Gasteiger partial charge in [0.15, 0.2) is 15.8 Å². The second-order valence-electron chi connectivity index (χ2n) is 6.68. The lowest BCUT2D eigenvalue weighted by molar-refractivity contribution is -0.139. The molecule has 11 heteroatoms. The molecule has 1 aliphatic heterocycles. The summed E-state index contributed by atoms with van der Waals surface area (Å²) in [7, 11) is -1.62. The van der Waals surface area contributed by atoms with Gasteiger partial charge in [-0.15, -0.1) is 0 Å². The molecule has 0 saturated carbocycles. The molecule has 0 atom stereocenters. The molecule has 27 heavy (non-hydrogen) atoms. The highest BCUT2D eigenvalue weighted by Gasteiger charge is 2.41. The highest BCUT2D eigenvalue weighted by molar-refractivity contribution is 7.92. The van der Waals surface area contributed by atoms with Gasteiger partial charge >= 0.3 is 6.18 Å². The van der Waals surface area contributed by atoms with Crippen molar-refractivity contribution in [3.63, 3.8) is 0 Å². The molecule has 1 aromatic rings. The third-order valence-electron chi connectivity index (χ3n) is 4.26. The second-order valence-corrected chi connectivity index (χ2v) is 9.42. The van der Waals surface area contributed by atoms with Crippen molar-refractivity contribution in [2.75, 3.05) is 39.0 Å². The lowest BCUT2D eigenvalue weighted by Crippen LogP contribution is -2.57. The standard InChI is InChI=1S/C16H23F3N4O3S/c1-15(2)11-23(8-10-27(15,24)25)14(20-3)22-7-9-26-13-12(16(17,18)19)5-4-6-21-13/h4-6H,7-11H2,1-3H3,(H,20,22). The molecular weight excluding hydrogens is 385 g/mol. The van der Waals surface area contributed by atoms with Gasteiger partial charge in [-0.3, -0.25) is 4.99 Å². The van der Waals surface area contributed by atoms with E-state index in [1.807, 2.05) is 4.90 Å². The molecule has 0 unspecified atom stereocenters. The first kappa shape index (κ1) is 21.3. The van der Waals surface area contributed by atoms with Crippen molar-refractivity contribution in [1.29, 1.82) is 0 Å². The lowest BCUT2D eigenvalue weighted by atomic mass is 10.2. The number of guanidine groups is 1. The van der Waals surface area contributed by atoms with Crippen molar-refractivity contribution in [3.05, 3.63) is 23.9 Å². The van der Waals surface area contributed by atoms with Crippen LogP contribution in [0.1, 0.15) is 19.4 Å². The summed E-state index contributed by atoms with van der Waals surface area (Å²) in [6.07, 6.45) is -3.31. The van der Waals surface area contributed by atoms with Crippen LogP contribution in [-0.4, -0.2) is 68.0 Å². The fraction of sp³-hybridized carbons (Fsp3) is 0.625. The van der Waals surface area contributed by atoms with Crippen LogP contribution in [-0.2, 0) is 16.0 Å². The van der Waals surface area contributed by atoms with Crippen molar-refractivity contribution < 1.29 is 26.3 Å². The summed E-state index contributed by atoms with van der Waals surface area (Å²) in [6.45, 7) is 4.01. The third-order valence-corrected chi connectivity index (χ3v) is 6.79. The molecule has 1 fully saturated rings. The van der Waals surface area contributed by atoms with Crippen LogP contribution in [0.25, 0.3) is 0 Å². The number of alkyl halides is 3. The number of hydrogen-bond donors (Lipinski definition) is 1. The average molecular weight is 408 g/mol. The van der Waals surface area contributed by atoms with Crippen LogP contribution in [0.4, 0.5) is 13.2 Å². The number of halogens is 3. The van der Waals surface area contributed by atoms with Crippen molar-refractivity contribution >= 4 is 15.8 Å². The molecule has 7 nitrogen and oxygen atoms in total. The minimum absolute atomic E-state index is 0.0140. The molecule has 0 aliphatic carbocycles. The van der Waals surface area contributed by atoms with E-state index in [-0.39, 0.29) is 25.4 Å². The minimum atomic E-state index is -4.54. The van der Waals surface area contributed by atoms with Gasteiger partial charge in [-0.05, 0) is 26.0 Å². The first-order chi connectivity index (χ1) is 12.5. The zero-order valence-corrected chi connectivity index (χ0v) is 16.2. The maximum atomic E-state index is 12.9. The summed E-state index contributed by atoms with van der Waals surface area (Å²) < 4.78 is 67.1. The van der Waals surface area contributed by atoms with Gasteiger partial charge in [-0.1, -0.05) is 0 Å². The molecule has 1 aromatic heterocycles. The van der Waals surface area contributed by atoms with E-state index in [9.17, 15) is 21.6 Å². The van der Waals surface area contributed by atoms with Gasteiger partial charge in [0.05, 0.1) is 17.0 Å². The molecule has 1 N–H and O–H groups in total. The van der Waals surface area contributed by atoms with Crippen LogP contribution in [0.15, 0.2) is 23.3 Å². The summed E-state index contributed by atoms with van der Waals surface area (Å²) in [5.74, 6) is 0.00529. The van der Waals surface area contributed by atoms with E-state index in [4.69, 9.17) is 4.74 Å². The fourth-order valence-electron chi connectivity index (χ4n) is 2.69. The van der Waals surface area contributed by atoms with Crippen LogP contribution in [0, 0.1) is 0 Å². The van der Waals surface area contributed by atoms with E-state index in [0.717, 1.165) is 6.07 Å². The Balaban J connectivity index is 1.92. The van der Waals surface area contributed by atoms with E-state index >= 15 is 0 Å². The van der Waals surface area contributed by atoms with Crippen molar-refractivity contribution in [1.82, 2.24) is 15.2 Å². The van der Waals surface area contributed by atoms with E-state index < -0.39 is 32.2 Å². The molecular formula is C16H23F3N4O3S. The Morgan fingerprint density at radius 1 is 1.44 bits per heavy atom. The number of hydrogen-bond acceptors (Lipinski definition) is 5. The number of sulfone groups is 1. The molecule has 0 amide bonds. The van der Waals surface area contributed by atoms with Gasteiger partial charge < -0.3 is 15.0 Å². The third kappa shape index (κ3) is 5.02. The average Bonchev–Trinajstić information content (AvgIpc) is 2.57. The number of nitrogens with one attached hydrogen (secondary N) is 1. The van der Waals surface area contributed by atoms with E-state index in [0.29, 0.717) is 12.5 Å². The minimum Gasteiger partial charge on any atom is -0.475 e. The van der Waals surface area contributed by atoms with Crippen LogP contribution >= 0.6 is 0 Å². The molecule has 2 heterocycles.